The molecule has 3 aromatic carbocycles. The van der Waals surface area contributed by atoms with Crippen LogP contribution < -0.4 is 4.74 Å². The average Bonchev–Trinajstić information content (AvgIpc) is 3.08. The molecule has 144 valence electrons. The standard InChI is InChI=1S/C24H18FNO3/c1-16-8-10-17(11-9-16)15-28-21-7-2-4-18(12-21)13-22-24(27)29-23(26-22)19-5-3-6-20(25)14-19/h2-14H,15H2,1H3/b22-13-. The monoisotopic (exact) mass is 387 g/mol. The van der Waals surface area contributed by atoms with Crippen molar-refractivity contribution in [3.05, 3.63) is 107 Å². The van der Waals surface area contributed by atoms with Crippen LogP contribution in [-0.2, 0) is 16.1 Å². The second kappa shape index (κ2) is 8.10. The molecule has 1 heterocycles. The molecule has 0 N–H and O–H groups in total. The third-order valence-corrected chi connectivity index (χ3v) is 4.38. The molecule has 1 aliphatic heterocycles. The predicted octanol–water partition coefficient (Wildman–Crippen LogP) is 5.06. The van der Waals surface area contributed by atoms with Gasteiger partial charge in [-0.1, -0.05) is 48.0 Å². The molecular weight excluding hydrogens is 369 g/mol. The largest absolute Gasteiger partial charge is 0.489 e. The molecule has 4 rings (SSSR count). The van der Waals surface area contributed by atoms with E-state index < -0.39 is 11.8 Å². The number of cyclic esters (lactones) is 1. The average molecular weight is 387 g/mol. The van der Waals surface area contributed by atoms with Gasteiger partial charge in [0.15, 0.2) is 5.70 Å². The SMILES string of the molecule is Cc1ccc(COc2cccc(/C=C3\N=C(c4cccc(F)c4)OC3=O)c2)cc1. The maximum absolute atomic E-state index is 13.4. The molecule has 0 spiro atoms. The second-order valence-corrected chi connectivity index (χ2v) is 6.69. The number of aryl methyl sites for hydroxylation is 1. The van der Waals surface area contributed by atoms with Crippen molar-refractivity contribution in [2.45, 2.75) is 13.5 Å². The van der Waals surface area contributed by atoms with E-state index in [1.807, 2.05) is 55.5 Å². The lowest BCUT2D eigenvalue weighted by Gasteiger charge is -2.07. The van der Waals surface area contributed by atoms with Crippen molar-refractivity contribution in [1.82, 2.24) is 0 Å². The summed E-state index contributed by atoms with van der Waals surface area (Å²) < 4.78 is 24.4. The molecule has 0 saturated heterocycles. The fraction of sp³-hybridized carbons (Fsp3) is 0.0833. The number of hydrogen-bond acceptors (Lipinski definition) is 4. The van der Waals surface area contributed by atoms with Crippen LogP contribution >= 0.6 is 0 Å². The first-order valence-corrected chi connectivity index (χ1v) is 9.14. The highest BCUT2D eigenvalue weighted by molar-refractivity contribution is 6.12. The van der Waals surface area contributed by atoms with Gasteiger partial charge in [-0.15, -0.1) is 0 Å². The summed E-state index contributed by atoms with van der Waals surface area (Å²) in [5.74, 6) is -0.222. The van der Waals surface area contributed by atoms with Crippen molar-refractivity contribution >= 4 is 17.9 Å². The Labute approximate surface area is 167 Å². The first-order valence-electron chi connectivity index (χ1n) is 9.14. The zero-order chi connectivity index (χ0) is 20.2. The highest BCUT2D eigenvalue weighted by atomic mass is 19.1. The number of aliphatic imine (C=N–C) groups is 1. The van der Waals surface area contributed by atoms with Crippen LogP contribution in [0.3, 0.4) is 0 Å². The van der Waals surface area contributed by atoms with E-state index in [0.717, 1.165) is 11.1 Å². The van der Waals surface area contributed by atoms with E-state index in [1.165, 1.54) is 23.8 Å². The van der Waals surface area contributed by atoms with Crippen molar-refractivity contribution in [3.63, 3.8) is 0 Å². The Morgan fingerprint density at radius 2 is 1.83 bits per heavy atom. The normalized spacial score (nSPS) is 14.6. The van der Waals surface area contributed by atoms with Gasteiger partial charge in [-0.2, -0.15) is 0 Å². The molecule has 0 saturated carbocycles. The molecule has 0 atom stereocenters. The molecule has 0 aromatic heterocycles. The molecule has 0 radical (unpaired) electrons. The van der Waals surface area contributed by atoms with Crippen LogP contribution in [0.2, 0.25) is 0 Å². The molecule has 0 fully saturated rings. The Morgan fingerprint density at radius 3 is 2.62 bits per heavy atom. The van der Waals surface area contributed by atoms with Gasteiger partial charge in [0.25, 0.3) is 0 Å². The Hall–Kier alpha value is -3.73. The lowest BCUT2D eigenvalue weighted by molar-refractivity contribution is -0.129. The minimum absolute atomic E-state index is 0.0903. The second-order valence-electron chi connectivity index (χ2n) is 6.69. The van der Waals surface area contributed by atoms with E-state index >= 15 is 0 Å². The van der Waals surface area contributed by atoms with E-state index in [9.17, 15) is 9.18 Å². The van der Waals surface area contributed by atoms with E-state index in [4.69, 9.17) is 9.47 Å². The summed E-state index contributed by atoms with van der Waals surface area (Å²) in [6, 6.07) is 21.3. The minimum atomic E-state index is -0.574. The highest BCUT2D eigenvalue weighted by Crippen LogP contribution is 2.22. The van der Waals surface area contributed by atoms with Crippen LogP contribution in [0.15, 0.2) is 83.5 Å². The van der Waals surface area contributed by atoms with Gasteiger partial charge in [0, 0.05) is 5.56 Å². The topological polar surface area (TPSA) is 47.9 Å². The summed E-state index contributed by atoms with van der Waals surface area (Å²) in [5, 5.41) is 0. The van der Waals surface area contributed by atoms with Gasteiger partial charge in [-0.25, -0.2) is 14.2 Å². The molecule has 5 heteroatoms. The van der Waals surface area contributed by atoms with Gasteiger partial charge in [0.05, 0.1) is 0 Å². The molecule has 29 heavy (non-hydrogen) atoms. The summed E-state index contributed by atoms with van der Waals surface area (Å²) in [4.78, 5) is 16.3. The van der Waals surface area contributed by atoms with E-state index in [2.05, 4.69) is 4.99 Å². The number of hydrogen-bond donors (Lipinski definition) is 0. The van der Waals surface area contributed by atoms with Crippen molar-refractivity contribution in [1.29, 1.82) is 0 Å². The number of rotatable bonds is 5. The number of ether oxygens (including phenoxy) is 2. The number of esters is 1. The van der Waals surface area contributed by atoms with Crippen LogP contribution in [0.4, 0.5) is 4.39 Å². The third-order valence-electron chi connectivity index (χ3n) is 4.38. The summed E-state index contributed by atoms with van der Waals surface area (Å²) in [7, 11) is 0. The van der Waals surface area contributed by atoms with Gasteiger partial charge in [-0.3, -0.25) is 0 Å². The van der Waals surface area contributed by atoms with Gasteiger partial charge in [0.2, 0.25) is 5.90 Å². The lowest BCUT2D eigenvalue weighted by atomic mass is 10.1. The van der Waals surface area contributed by atoms with Crippen LogP contribution in [0, 0.1) is 12.7 Å². The molecule has 0 amide bonds. The number of benzene rings is 3. The highest BCUT2D eigenvalue weighted by Gasteiger charge is 2.24. The number of nitrogens with zero attached hydrogens (tertiary/aromatic N) is 1. The van der Waals surface area contributed by atoms with Gasteiger partial charge >= 0.3 is 5.97 Å². The summed E-state index contributed by atoms with van der Waals surface area (Å²) in [6.45, 7) is 2.49. The van der Waals surface area contributed by atoms with E-state index in [1.54, 1.807) is 12.1 Å². The fourth-order valence-corrected chi connectivity index (χ4v) is 2.86. The smallest absolute Gasteiger partial charge is 0.363 e. The maximum atomic E-state index is 13.4. The Kier molecular flexibility index (Phi) is 5.20. The van der Waals surface area contributed by atoms with Gasteiger partial charge < -0.3 is 9.47 Å². The Balaban J connectivity index is 1.51. The van der Waals surface area contributed by atoms with Crippen LogP contribution in [0.1, 0.15) is 22.3 Å². The van der Waals surface area contributed by atoms with Crippen LogP contribution in [0.5, 0.6) is 5.75 Å². The fourth-order valence-electron chi connectivity index (χ4n) is 2.86. The minimum Gasteiger partial charge on any atom is -0.489 e. The first kappa shape index (κ1) is 18.6. The molecule has 0 unspecified atom stereocenters. The lowest BCUT2D eigenvalue weighted by Crippen LogP contribution is -2.05. The van der Waals surface area contributed by atoms with Crippen molar-refractivity contribution in [2.75, 3.05) is 0 Å². The summed E-state index contributed by atoms with van der Waals surface area (Å²) in [6.07, 6.45) is 1.62. The maximum Gasteiger partial charge on any atom is 0.363 e. The molecule has 3 aromatic rings. The first-order chi connectivity index (χ1) is 14.1. The number of halogens is 1. The van der Waals surface area contributed by atoms with Crippen molar-refractivity contribution in [3.8, 4) is 5.75 Å². The van der Waals surface area contributed by atoms with Crippen LogP contribution in [-0.4, -0.2) is 11.9 Å². The van der Waals surface area contributed by atoms with Gasteiger partial charge in [-0.05, 0) is 54.5 Å². The van der Waals surface area contributed by atoms with E-state index in [-0.39, 0.29) is 11.6 Å². The molecule has 0 aliphatic carbocycles. The van der Waals surface area contributed by atoms with E-state index in [0.29, 0.717) is 17.9 Å². The Morgan fingerprint density at radius 1 is 1.03 bits per heavy atom. The van der Waals surface area contributed by atoms with Crippen molar-refractivity contribution < 1.29 is 18.7 Å². The molecule has 1 aliphatic rings. The van der Waals surface area contributed by atoms with Gasteiger partial charge in [0.1, 0.15) is 18.2 Å². The quantitative estimate of drug-likeness (QED) is 0.454. The van der Waals surface area contributed by atoms with Crippen molar-refractivity contribution in [2.24, 2.45) is 4.99 Å². The number of carbonyl (C=O) groups is 1. The zero-order valence-corrected chi connectivity index (χ0v) is 15.8. The molecular formula is C24H18FNO3. The number of carbonyl (C=O) groups excluding carboxylic acids is 1. The summed E-state index contributed by atoms with van der Waals surface area (Å²) in [5.41, 5.74) is 3.59. The third kappa shape index (κ3) is 4.58. The van der Waals surface area contributed by atoms with Crippen LogP contribution in [0.25, 0.3) is 6.08 Å². The molecule has 0 bridgehead atoms. The zero-order valence-electron chi connectivity index (χ0n) is 15.8. The predicted molar refractivity (Wildman–Crippen MR) is 109 cm³/mol. The Bertz CT molecular complexity index is 1120. The molecule has 4 nitrogen and oxygen atoms in total. The summed E-state index contributed by atoms with van der Waals surface area (Å²) >= 11 is 0.